The number of carboxylic acid groups (broad SMARTS) is 2. The number of carboxylic acids is 2. The highest BCUT2D eigenvalue weighted by Crippen LogP contribution is 2.43. The van der Waals surface area contributed by atoms with Crippen molar-refractivity contribution >= 4 is 11.9 Å². The first-order valence-corrected chi connectivity index (χ1v) is 5.43. The molecule has 1 unspecified atom stereocenters. The van der Waals surface area contributed by atoms with Crippen LogP contribution in [0.25, 0.3) is 0 Å². The Morgan fingerprint density at radius 2 is 2.00 bits per heavy atom. The summed E-state index contributed by atoms with van der Waals surface area (Å²) in [4.78, 5) is 22.3. The van der Waals surface area contributed by atoms with Crippen LogP contribution >= 0.6 is 0 Å². The molecule has 0 spiro atoms. The van der Waals surface area contributed by atoms with E-state index in [0.29, 0.717) is 24.8 Å². The second-order valence-electron chi connectivity index (χ2n) is 4.50. The molecular formula is C12H14O4. The Morgan fingerprint density at radius 3 is 2.62 bits per heavy atom. The van der Waals surface area contributed by atoms with E-state index >= 15 is 0 Å². The fourth-order valence-corrected chi connectivity index (χ4v) is 2.55. The van der Waals surface area contributed by atoms with E-state index in [4.69, 9.17) is 5.11 Å². The lowest BCUT2D eigenvalue weighted by Gasteiger charge is -2.28. The molecule has 0 saturated heterocycles. The summed E-state index contributed by atoms with van der Waals surface area (Å²) < 4.78 is 0. The summed E-state index contributed by atoms with van der Waals surface area (Å²) in [7, 11) is 0. The van der Waals surface area contributed by atoms with Gasteiger partial charge in [-0.2, -0.15) is 0 Å². The van der Waals surface area contributed by atoms with Gasteiger partial charge in [-0.25, -0.2) is 4.79 Å². The molecule has 0 amide bonds. The first-order chi connectivity index (χ1) is 7.55. The Labute approximate surface area is 93.3 Å². The van der Waals surface area contributed by atoms with Crippen molar-refractivity contribution in [2.75, 3.05) is 0 Å². The van der Waals surface area contributed by atoms with Crippen LogP contribution in [0.2, 0.25) is 0 Å². The number of allylic oxidation sites excluding steroid dienone is 1. The van der Waals surface area contributed by atoms with Gasteiger partial charge in [0.1, 0.15) is 0 Å². The lowest BCUT2D eigenvalue weighted by Crippen LogP contribution is -2.31. The summed E-state index contributed by atoms with van der Waals surface area (Å²) in [6, 6.07) is 0. The van der Waals surface area contributed by atoms with E-state index in [1.54, 1.807) is 6.08 Å². The number of rotatable bonds is 2. The van der Waals surface area contributed by atoms with Gasteiger partial charge in [0.25, 0.3) is 0 Å². The van der Waals surface area contributed by atoms with Gasteiger partial charge >= 0.3 is 11.9 Å². The molecule has 2 aliphatic carbocycles. The summed E-state index contributed by atoms with van der Waals surface area (Å²) in [5, 5.41) is 18.3. The molecule has 1 fully saturated rings. The molecule has 0 radical (unpaired) electrons. The lowest BCUT2D eigenvalue weighted by molar-refractivity contribution is -0.146. The number of hydrogen-bond donors (Lipinski definition) is 2. The Hall–Kier alpha value is -1.58. The Bertz CT molecular complexity index is 405. The molecular weight excluding hydrogens is 208 g/mol. The van der Waals surface area contributed by atoms with Crippen LogP contribution in [0.5, 0.6) is 0 Å². The third-order valence-electron chi connectivity index (χ3n) is 3.49. The van der Waals surface area contributed by atoms with Gasteiger partial charge < -0.3 is 10.2 Å². The molecule has 1 saturated carbocycles. The number of aliphatic carboxylic acids is 2. The molecule has 0 heterocycles. The van der Waals surface area contributed by atoms with Crippen LogP contribution in [-0.2, 0) is 9.59 Å². The standard InChI is InChI=1S/C12H14O4/c13-10(14)9-4-6-12(11(15)16)5-2-1-3-8(9)7-12/h4,6H,1-3,5,7H2,(H,13,14)(H,15,16). The monoisotopic (exact) mass is 222 g/mol. The van der Waals surface area contributed by atoms with Crippen molar-refractivity contribution in [2.45, 2.75) is 32.1 Å². The zero-order valence-electron chi connectivity index (χ0n) is 8.90. The highest BCUT2D eigenvalue weighted by molar-refractivity contribution is 5.92. The molecule has 2 N–H and O–H groups in total. The molecule has 0 aromatic heterocycles. The minimum absolute atomic E-state index is 0.291. The molecule has 4 heteroatoms. The highest BCUT2D eigenvalue weighted by Gasteiger charge is 2.40. The van der Waals surface area contributed by atoms with Crippen molar-refractivity contribution in [3.63, 3.8) is 0 Å². The summed E-state index contributed by atoms with van der Waals surface area (Å²) >= 11 is 0. The Kier molecular flexibility index (Phi) is 2.58. The fraction of sp³-hybridized carbons (Fsp3) is 0.500. The van der Waals surface area contributed by atoms with E-state index in [9.17, 15) is 14.7 Å². The van der Waals surface area contributed by atoms with Crippen LogP contribution in [-0.4, -0.2) is 22.2 Å². The zero-order valence-corrected chi connectivity index (χ0v) is 8.90. The van der Waals surface area contributed by atoms with Crippen LogP contribution in [0, 0.1) is 5.41 Å². The molecule has 2 rings (SSSR count). The summed E-state index contributed by atoms with van der Waals surface area (Å²) in [6.07, 6.45) is 6.43. The second-order valence-corrected chi connectivity index (χ2v) is 4.50. The first kappa shape index (κ1) is 10.9. The largest absolute Gasteiger partial charge is 0.481 e. The van der Waals surface area contributed by atoms with Gasteiger partial charge in [0.2, 0.25) is 0 Å². The average molecular weight is 222 g/mol. The van der Waals surface area contributed by atoms with Crippen LogP contribution in [0.4, 0.5) is 0 Å². The van der Waals surface area contributed by atoms with Crippen LogP contribution in [0.1, 0.15) is 32.1 Å². The molecule has 1 atom stereocenters. The van der Waals surface area contributed by atoms with Gasteiger partial charge in [-0.1, -0.05) is 24.1 Å². The number of hydrogen-bond acceptors (Lipinski definition) is 2. The summed E-state index contributed by atoms with van der Waals surface area (Å²) in [5.41, 5.74) is 0.221. The van der Waals surface area contributed by atoms with Crippen molar-refractivity contribution in [1.82, 2.24) is 0 Å². The van der Waals surface area contributed by atoms with E-state index in [2.05, 4.69) is 0 Å². The van der Waals surface area contributed by atoms with Crippen molar-refractivity contribution in [2.24, 2.45) is 5.41 Å². The van der Waals surface area contributed by atoms with E-state index in [1.165, 1.54) is 6.08 Å². The van der Waals surface area contributed by atoms with E-state index in [1.807, 2.05) is 0 Å². The molecule has 0 aliphatic heterocycles. The number of fused-ring (bicyclic) bond motifs is 2. The molecule has 2 aliphatic rings. The Morgan fingerprint density at radius 1 is 1.25 bits per heavy atom. The SMILES string of the molecule is O=C(O)C1=C2CCCCC(C(=O)O)(C=C1)C2. The Balaban J connectivity index is 2.43. The topological polar surface area (TPSA) is 74.6 Å². The predicted octanol–water partition coefficient (Wildman–Crippen LogP) is 1.97. The van der Waals surface area contributed by atoms with Crippen LogP contribution < -0.4 is 0 Å². The predicted molar refractivity (Wildman–Crippen MR) is 57.0 cm³/mol. The van der Waals surface area contributed by atoms with Gasteiger partial charge in [0, 0.05) is 0 Å². The smallest absolute Gasteiger partial charge is 0.335 e. The van der Waals surface area contributed by atoms with Gasteiger partial charge in [-0.15, -0.1) is 0 Å². The average Bonchev–Trinajstić information content (AvgIpc) is 2.39. The molecule has 4 nitrogen and oxygen atoms in total. The van der Waals surface area contributed by atoms with Gasteiger partial charge in [0.15, 0.2) is 0 Å². The van der Waals surface area contributed by atoms with E-state index in [0.717, 1.165) is 18.4 Å². The first-order valence-electron chi connectivity index (χ1n) is 5.43. The molecule has 2 bridgehead atoms. The maximum Gasteiger partial charge on any atom is 0.335 e. The third kappa shape index (κ3) is 1.64. The normalized spacial score (nSPS) is 28.8. The summed E-state index contributed by atoms with van der Waals surface area (Å²) in [6.45, 7) is 0. The maximum atomic E-state index is 11.3. The minimum Gasteiger partial charge on any atom is -0.481 e. The fourth-order valence-electron chi connectivity index (χ4n) is 2.55. The van der Waals surface area contributed by atoms with E-state index < -0.39 is 17.4 Å². The lowest BCUT2D eigenvalue weighted by atomic mass is 9.75. The molecule has 0 aromatic rings. The van der Waals surface area contributed by atoms with Crippen LogP contribution in [0.15, 0.2) is 23.3 Å². The third-order valence-corrected chi connectivity index (χ3v) is 3.49. The molecule has 86 valence electrons. The molecule has 0 aromatic carbocycles. The second kappa shape index (κ2) is 3.77. The zero-order chi connectivity index (χ0) is 11.8. The summed E-state index contributed by atoms with van der Waals surface area (Å²) in [5.74, 6) is -1.79. The highest BCUT2D eigenvalue weighted by atomic mass is 16.4. The minimum atomic E-state index is -0.952. The quantitative estimate of drug-likeness (QED) is 0.749. The van der Waals surface area contributed by atoms with Crippen molar-refractivity contribution in [3.05, 3.63) is 23.3 Å². The van der Waals surface area contributed by atoms with Gasteiger partial charge in [0.05, 0.1) is 11.0 Å². The van der Waals surface area contributed by atoms with Crippen molar-refractivity contribution in [3.8, 4) is 0 Å². The van der Waals surface area contributed by atoms with E-state index in [-0.39, 0.29) is 0 Å². The van der Waals surface area contributed by atoms with Gasteiger partial charge in [-0.05, 0) is 25.7 Å². The maximum absolute atomic E-state index is 11.3. The van der Waals surface area contributed by atoms with Crippen molar-refractivity contribution in [1.29, 1.82) is 0 Å². The van der Waals surface area contributed by atoms with Gasteiger partial charge in [-0.3, -0.25) is 4.79 Å². The molecule has 16 heavy (non-hydrogen) atoms. The van der Waals surface area contributed by atoms with Crippen molar-refractivity contribution < 1.29 is 19.8 Å². The number of carbonyl (C=O) groups is 2. The van der Waals surface area contributed by atoms with Crippen LogP contribution in [0.3, 0.4) is 0 Å².